The average Bonchev–Trinajstić information content (AvgIpc) is 2.47. The summed E-state index contributed by atoms with van der Waals surface area (Å²) in [7, 11) is 1.55. The standard InChI is InChI=1S/C5H9NO3/c1-9-2-3-4(6-3)5(7)8/h3-4,6H,2H2,1H3,(H,7,8). The number of methoxy groups -OCH3 is 1. The van der Waals surface area contributed by atoms with Crippen LogP contribution in [0.1, 0.15) is 0 Å². The van der Waals surface area contributed by atoms with Gasteiger partial charge in [-0.15, -0.1) is 0 Å². The van der Waals surface area contributed by atoms with Gasteiger partial charge in [-0.25, -0.2) is 0 Å². The average molecular weight is 131 g/mol. The van der Waals surface area contributed by atoms with Crippen molar-refractivity contribution in [1.29, 1.82) is 0 Å². The first-order valence-electron chi connectivity index (χ1n) is 2.73. The van der Waals surface area contributed by atoms with Crippen LogP contribution in [0.25, 0.3) is 0 Å². The van der Waals surface area contributed by atoms with Gasteiger partial charge in [0.15, 0.2) is 0 Å². The second kappa shape index (κ2) is 2.33. The van der Waals surface area contributed by atoms with E-state index in [2.05, 4.69) is 5.32 Å². The zero-order chi connectivity index (χ0) is 6.85. The maximum atomic E-state index is 10.1. The van der Waals surface area contributed by atoms with Crippen molar-refractivity contribution in [2.75, 3.05) is 13.7 Å². The van der Waals surface area contributed by atoms with E-state index in [1.807, 2.05) is 0 Å². The number of ether oxygens (including phenoxy) is 1. The van der Waals surface area contributed by atoms with E-state index in [1.54, 1.807) is 7.11 Å². The summed E-state index contributed by atoms with van der Waals surface area (Å²) in [5, 5.41) is 11.1. The summed E-state index contributed by atoms with van der Waals surface area (Å²) in [6, 6.07) is -0.336. The van der Waals surface area contributed by atoms with Gasteiger partial charge in [0.05, 0.1) is 12.6 Å². The molecule has 0 spiro atoms. The summed E-state index contributed by atoms with van der Waals surface area (Å²) in [4.78, 5) is 10.1. The third-order valence-corrected chi connectivity index (χ3v) is 1.30. The minimum absolute atomic E-state index is 0.0347. The molecular formula is C5H9NO3. The fourth-order valence-electron chi connectivity index (χ4n) is 0.742. The fourth-order valence-corrected chi connectivity index (χ4v) is 0.742. The van der Waals surface area contributed by atoms with Crippen molar-refractivity contribution in [2.24, 2.45) is 0 Å². The zero-order valence-electron chi connectivity index (χ0n) is 5.13. The predicted molar refractivity (Wildman–Crippen MR) is 30.2 cm³/mol. The van der Waals surface area contributed by atoms with Crippen LogP contribution >= 0.6 is 0 Å². The first-order valence-corrected chi connectivity index (χ1v) is 2.73. The molecule has 0 bridgehead atoms. The summed E-state index contributed by atoms with van der Waals surface area (Å²) < 4.78 is 4.72. The van der Waals surface area contributed by atoms with Crippen molar-refractivity contribution < 1.29 is 14.6 Å². The van der Waals surface area contributed by atoms with Crippen LogP contribution in [-0.2, 0) is 9.53 Å². The maximum absolute atomic E-state index is 10.1. The summed E-state index contributed by atoms with van der Waals surface area (Å²) in [6.07, 6.45) is 0. The van der Waals surface area contributed by atoms with E-state index in [4.69, 9.17) is 9.84 Å². The van der Waals surface area contributed by atoms with Gasteiger partial charge in [0.1, 0.15) is 6.04 Å². The Balaban J connectivity index is 2.17. The molecule has 0 amide bonds. The molecule has 1 saturated heterocycles. The Bertz CT molecular complexity index is 125. The number of hydrogen-bond donors (Lipinski definition) is 2. The third-order valence-electron chi connectivity index (χ3n) is 1.30. The van der Waals surface area contributed by atoms with Gasteiger partial charge in [0.2, 0.25) is 0 Å². The maximum Gasteiger partial charge on any atom is 0.322 e. The van der Waals surface area contributed by atoms with Gasteiger partial charge in [-0.2, -0.15) is 0 Å². The third kappa shape index (κ3) is 1.40. The Labute approximate surface area is 52.8 Å². The van der Waals surface area contributed by atoms with E-state index in [-0.39, 0.29) is 12.1 Å². The lowest BCUT2D eigenvalue weighted by atomic mass is 10.3. The molecule has 1 aliphatic rings. The molecule has 2 unspecified atom stereocenters. The highest BCUT2D eigenvalue weighted by atomic mass is 16.5. The van der Waals surface area contributed by atoms with Crippen molar-refractivity contribution in [3.63, 3.8) is 0 Å². The Kier molecular flexibility index (Phi) is 1.68. The lowest BCUT2D eigenvalue weighted by Gasteiger charge is -1.89. The Morgan fingerprint density at radius 2 is 2.56 bits per heavy atom. The van der Waals surface area contributed by atoms with Crippen LogP contribution in [0.5, 0.6) is 0 Å². The second-order valence-electron chi connectivity index (χ2n) is 2.04. The lowest BCUT2D eigenvalue weighted by Crippen LogP contribution is -2.11. The topological polar surface area (TPSA) is 68.5 Å². The number of carbonyl (C=O) groups is 1. The molecular weight excluding hydrogens is 122 g/mol. The SMILES string of the molecule is COCC1NC1C(=O)O. The summed E-state index contributed by atoms with van der Waals surface area (Å²) in [5.74, 6) is -0.794. The lowest BCUT2D eigenvalue weighted by molar-refractivity contribution is -0.136. The number of rotatable bonds is 3. The van der Waals surface area contributed by atoms with E-state index >= 15 is 0 Å². The van der Waals surface area contributed by atoms with E-state index < -0.39 is 5.97 Å². The Hall–Kier alpha value is -0.610. The largest absolute Gasteiger partial charge is 0.480 e. The van der Waals surface area contributed by atoms with Gasteiger partial charge in [0, 0.05) is 7.11 Å². The Morgan fingerprint density at radius 3 is 2.89 bits per heavy atom. The van der Waals surface area contributed by atoms with Crippen molar-refractivity contribution in [3.05, 3.63) is 0 Å². The zero-order valence-corrected chi connectivity index (χ0v) is 5.13. The molecule has 0 aromatic rings. The minimum Gasteiger partial charge on any atom is -0.480 e. The molecule has 2 N–H and O–H groups in total. The summed E-state index contributed by atoms with van der Waals surface area (Å²) >= 11 is 0. The molecule has 0 aliphatic carbocycles. The fraction of sp³-hybridized carbons (Fsp3) is 0.800. The minimum atomic E-state index is -0.794. The molecule has 52 valence electrons. The second-order valence-corrected chi connectivity index (χ2v) is 2.04. The summed E-state index contributed by atoms with van der Waals surface area (Å²) in [5.41, 5.74) is 0. The van der Waals surface area contributed by atoms with E-state index in [0.29, 0.717) is 6.61 Å². The Morgan fingerprint density at radius 1 is 1.89 bits per heavy atom. The predicted octanol–water partition coefficient (Wildman–Crippen LogP) is -0.942. The smallest absolute Gasteiger partial charge is 0.322 e. The van der Waals surface area contributed by atoms with Gasteiger partial charge in [0.25, 0.3) is 0 Å². The highest BCUT2D eigenvalue weighted by molar-refractivity contribution is 5.78. The van der Waals surface area contributed by atoms with Crippen LogP contribution in [0.2, 0.25) is 0 Å². The van der Waals surface area contributed by atoms with E-state index in [1.165, 1.54) is 0 Å². The molecule has 1 heterocycles. The number of hydrogen-bond acceptors (Lipinski definition) is 3. The molecule has 4 heteroatoms. The van der Waals surface area contributed by atoms with Gasteiger partial charge >= 0.3 is 5.97 Å². The van der Waals surface area contributed by atoms with Crippen molar-refractivity contribution in [2.45, 2.75) is 12.1 Å². The van der Waals surface area contributed by atoms with Gasteiger partial charge in [-0.3, -0.25) is 10.1 Å². The molecule has 9 heavy (non-hydrogen) atoms. The number of carboxylic acids is 1. The molecule has 0 radical (unpaired) electrons. The molecule has 0 aromatic heterocycles. The van der Waals surface area contributed by atoms with Crippen LogP contribution in [0.3, 0.4) is 0 Å². The van der Waals surface area contributed by atoms with Crippen LogP contribution in [-0.4, -0.2) is 36.9 Å². The molecule has 2 atom stereocenters. The van der Waals surface area contributed by atoms with Crippen molar-refractivity contribution in [1.82, 2.24) is 5.32 Å². The first kappa shape index (κ1) is 6.51. The van der Waals surface area contributed by atoms with Crippen LogP contribution in [0, 0.1) is 0 Å². The highest BCUT2D eigenvalue weighted by Gasteiger charge is 2.42. The molecule has 1 aliphatic heterocycles. The molecule has 0 saturated carbocycles. The monoisotopic (exact) mass is 131 g/mol. The summed E-state index contributed by atoms with van der Waals surface area (Å²) in [6.45, 7) is 0.483. The number of nitrogens with one attached hydrogen (secondary N) is 1. The number of aliphatic carboxylic acids is 1. The van der Waals surface area contributed by atoms with Crippen molar-refractivity contribution >= 4 is 5.97 Å². The van der Waals surface area contributed by atoms with Crippen LogP contribution in [0.15, 0.2) is 0 Å². The van der Waals surface area contributed by atoms with E-state index in [9.17, 15) is 4.79 Å². The van der Waals surface area contributed by atoms with Crippen molar-refractivity contribution in [3.8, 4) is 0 Å². The first-order chi connectivity index (χ1) is 4.25. The van der Waals surface area contributed by atoms with Gasteiger partial charge < -0.3 is 9.84 Å². The van der Waals surface area contributed by atoms with E-state index in [0.717, 1.165) is 0 Å². The number of carboxylic acid groups (broad SMARTS) is 1. The van der Waals surface area contributed by atoms with Gasteiger partial charge in [-0.1, -0.05) is 0 Å². The van der Waals surface area contributed by atoms with Gasteiger partial charge in [-0.05, 0) is 0 Å². The molecule has 0 aromatic carbocycles. The van der Waals surface area contributed by atoms with Crippen LogP contribution in [0.4, 0.5) is 0 Å². The normalized spacial score (nSPS) is 32.1. The quantitative estimate of drug-likeness (QED) is 0.485. The molecule has 4 nitrogen and oxygen atoms in total. The molecule has 1 fully saturated rings. The molecule has 1 rings (SSSR count). The highest BCUT2D eigenvalue weighted by Crippen LogP contribution is 2.09. The van der Waals surface area contributed by atoms with Crippen LogP contribution < -0.4 is 5.32 Å².